The van der Waals surface area contributed by atoms with E-state index in [9.17, 15) is 5.11 Å². The number of aliphatic hydroxyl groups is 1. The first kappa shape index (κ1) is 16.3. The Morgan fingerprint density at radius 3 is 2.81 bits per heavy atom. The third-order valence-corrected chi connectivity index (χ3v) is 4.62. The van der Waals surface area contributed by atoms with E-state index in [1.165, 1.54) is 13.3 Å². The number of hydrogen-bond donors (Lipinski definition) is 2. The average Bonchev–Trinajstić information content (AvgIpc) is 2.46. The number of hydrogen-bond acceptors (Lipinski definition) is 6. The van der Waals surface area contributed by atoms with Gasteiger partial charge in [0.05, 0.1) is 25.0 Å². The van der Waals surface area contributed by atoms with E-state index in [1.54, 1.807) is 0 Å². The Bertz CT molecular complexity index is 512. The van der Waals surface area contributed by atoms with E-state index in [4.69, 9.17) is 21.1 Å². The first-order chi connectivity index (χ1) is 9.84. The van der Waals surface area contributed by atoms with Gasteiger partial charge < -0.3 is 19.9 Å². The molecule has 2 unspecified atom stereocenters. The van der Waals surface area contributed by atoms with E-state index < -0.39 is 5.60 Å². The molecule has 1 aliphatic rings. The third kappa shape index (κ3) is 2.93. The zero-order valence-electron chi connectivity index (χ0n) is 12.8. The molecule has 1 saturated carbocycles. The highest BCUT2D eigenvalue weighted by Gasteiger charge is 2.59. The molecule has 21 heavy (non-hydrogen) atoms. The highest BCUT2D eigenvalue weighted by molar-refractivity contribution is 6.32. The Hall–Kier alpha value is -1.11. The van der Waals surface area contributed by atoms with Gasteiger partial charge >= 0.3 is 6.01 Å². The number of methoxy groups -OCH3 is 1. The van der Waals surface area contributed by atoms with Crippen LogP contribution in [0.2, 0.25) is 5.02 Å². The van der Waals surface area contributed by atoms with Gasteiger partial charge in [-0.05, 0) is 6.92 Å². The van der Waals surface area contributed by atoms with Crippen molar-refractivity contribution in [2.24, 2.45) is 5.41 Å². The summed E-state index contributed by atoms with van der Waals surface area (Å²) in [4.78, 5) is 8.05. The zero-order chi connectivity index (χ0) is 15.7. The van der Waals surface area contributed by atoms with Crippen LogP contribution in [-0.4, -0.2) is 47.0 Å². The number of nitrogens with one attached hydrogen (secondary N) is 1. The van der Waals surface area contributed by atoms with E-state index in [0.29, 0.717) is 30.4 Å². The fraction of sp³-hybridized carbons (Fsp3) is 0.714. The van der Waals surface area contributed by atoms with E-state index >= 15 is 0 Å². The molecule has 0 amide bonds. The fourth-order valence-corrected chi connectivity index (χ4v) is 2.72. The van der Waals surface area contributed by atoms with Gasteiger partial charge in [-0.25, -0.2) is 4.98 Å². The Morgan fingerprint density at radius 2 is 2.24 bits per heavy atom. The van der Waals surface area contributed by atoms with Crippen LogP contribution in [0.3, 0.4) is 0 Å². The molecule has 2 atom stereocenters. The second-order valence-electron chi connectivity index (χ2n) is 5.81. The second-order valence-corrected chi connectivity index (χ2v) is 6.22. The molecular weight excluding hydrogens is 294 g/mol. The molecule has 0 spiro atoms. The molecule has 1 aliphatic carbocycles. The van der Waals surface area contributed by atoms with Crippen LogP contribution < -0.4 is 10.1 Å². The smallest absolute Gasteiger partial charge is 0.318 e. The standard InChI is InChI=1S/C14H22ClN3O3/c1-5-21-10-6-14(19,13(10,2)3)8-17-11-9(15)7-16-12(18-11)20-4/h7,10,19H,5-6,8H2,1-4H3,(H,16,17,18). The lowest BCUT2D eigenvalue weighted by atomic mass is 9.56. The second kappa shape index (κ2) is 5.94. The zero-order valence-corrected chi connectivity index (χ0v) is 13.6. The van der Waals surface area contributed by atoms with Gasteiger partial charge in [-0.2, -0.15) is 4.98 Å². The van der Waals surface area contributed by atoms with Crippen molar-refractivity contribution >= 4 is 17.4 Å². The third-order valence-electron chi connectivity index (χ3n) is 4.35. The molecule has 118 valence electrons. The number of halogens is 1. The molecule has 2 rings (SSSR count). The molecule has 0 saturated heterocycles. The highest BCUT2D eigenvalue weighted by atomic mass is 35.5. The molecular formula is C14H22ClN3O3. The summed E-state index contributed by atoms with van der Waals surface area (Å²) in [5.41, 5.74) is -1.20. The molecule has 0 aliphatic heterocycles. The summed E-state index contributed by atoms with van der Waals surface area (Å²) in [7, 11) is 1.49. The Morgan fingerprint density at radius 1 is 1.52 bits per heavy atom. The van der Waals surface area contributed by atoms with Crippen molar-refractivity contribution in [2.75, 3.05) is 25.6 Å². The molecule has 1 aromatic rings. The highest BCUT2D eigenvalue weighted by Crippen LogP contribution is 2.51. The van der Waals surface area contributed by atoms with Crippen LogP contribution in [0.25, 0.3) is 0 Å². The minimum absolute atomic E-state index is 0.0599. The van der Waals surface area contributed by atoms with Gasteiger partial charge in [0, 0.05) is 25.0 Å². The van der Waals surface area contributed by atoms with Gasteiger partial charge in [0.25, 0.3) is 0 Å². The van der Waals surface area contributed by atoms with Crippen molar-refractivity contribution in [3.05, 3.63) is 11.2 Å². The van der Waals surface area contributed by atoms with Crippen LogP contribution in [0.4, 0.5) is 5.82 Å². The van der Waals surface area contributed by atoms with Crippen molar-refractivity contribution < 1.29 is 14.6 Å². The Kier molecular flexibility index (Phi) is 4.60. The van der Waals surface area contributed by atoms with Gasteiger partial charge in [0.2, 0.25) is 0 Å². The van der Waals surface area contributed by atoms with E-state index in [-0.39, 0.29) is 17.5 Å². The van der Waals surface area contributed by atoms with Crippen molar-refractivity contribution in [1.82, 2.24) is 9.97 Å². The van der Waals surface area contributed by atoms with Crippen molar-refractivity contribution in [2.45, 2.75) is 38.9 Å². The van der Waals surface area contributed by atoms with Gasteiger partial charge in [-0.3, -0.25) is 0 Å². The molecule has 6 nitrogen and oxygen atoms in total. The lowest BCUT2D eigenvalue weighted by Crippen LogP contribution is -2.67. The number of nitrogens with zero attached hydrogens (tertiary/aromatic N) is 2. The van der Waals surface area contributed by atoms with E-state index in [2.05, 4.69) is 15.3 Å². The summed E-state index contributed by atoms with van der Waals surface area (Å²) in [6, 6.07) is 0.231. The number of ether oxygens (including phenoxy) is 2. The predicted octanol–water partition coefficient (Wildman–Crippen LogP) is 2.12. The topological polar surface area (TPSA) is 76.5 Å². The summed E-state index contributed by atoms with van der Waals surface area (Å²) < 4.78 is 10.6. The van der Waals surface area contributed by atoms with Crippen LogP contribution in [-0.2, 0) is 4.74 Å². The molecule has 0 radical (unpaired) electrons. The van der Waals surface area contributed by atoms with Crippen LogP contribution in [0.1, 0.15) is 27.2 Å². The van der Waals surface area contributed by atoms with Gasteiger partial charge in [-0.15, -0.1) is 0 Å². The van der Waals surface area contributed by atoms with Crippen LogP contribution in [0, 0.1) is 5.41 Å². The molecule has 1 heterocycles. The summed E-state index contributed by atoms with van der Waals surface area (Å²) >= 11 is 6.04. The first-order valence-corrected chi connectivity index (χ1v) is 7.36. The van der Waals surface area contributed by atoms with Crippen molar-refractivity contribution in [3.8, 4) is 6.01 Å². The van der Waals surface area contributed by atoms with Crippen molar-refractivity contribution in [1.29, 1.82) is 0 Å². The first-order valence-electron chi connectivity index (χ1n) is 6.98. The minimum atomic E-state index is -0.867. The molecule has 1 fully saturated rings. The lowest BCUT2D eigenvalue weighted by molar-refractivity contribution is -0.233. The summed E-state index contributed by atoms with van der Waals surface area (Å²) in [6.07, 6.45) is 2.11. The van der Waals surface area contributed by atoms with E-state index in [1.807, 2.05) is 20.8 Å². The Labute approximate surface area is 129 Å². The largest absolute Gasteiger partial charge is 0.467 e. The van der Waals surface area contributed by atoms with Gasteiger partial charge in [0.15, 0.2) is 5.82 Å². The molecule has 0 bridgehead atoms. The van der Waals surface area contributed by atoms with Crippen molar-refractivity contribution in [3.63, 3.8) is 0 Å². The normalized spacial score (nSPS) is 27.0. The lowest BCUT2D eigenvalue weighted by Gasteiger charge is -2.58. The quantitative estimate of drug-likeness (QED) is 0.837. The van der Waals surface area contributed by atoms with Crippen LogP contribution in [0.15, 0.2) is 6.20 Å². The maximum Gasteiger partial charge on any atom is 0.318 e. The van der Waals surface area contributed by atoms with Gasteiger partial charge in [-0.1, -0.05) is 25.4 Å². The predicted molar refractivity (Wildman–Crippen MR) is 80.8 cm³/mol. The monoisotopic (exact) mass is 315 g/mol. The SMILES string of the molecule is CCOC1CC(O)(CNc2nc(OC)ncc2Cl)C1(C)C. The maximum atomic E-state index is 10.8. The fourth-order valence-electron chi connectivity index (χ4n) is 2.57. The molecule has 1 aromatic heterocycles. The number of aromatic nitrogens is 2. The summed E-state index contributed by atoms with van der Waals surface area (Å²) in [5.74, 6) is 0.451. The minimum Gasteiger partial charge on any atom is -0.467 e. The average molecular weight is 316 g/mol. The number of anilines is 1. The maximum absolute atomic E-state index is 10.8. The Balaban J connectivity index is 2.03. The summed E-state index contributed by atoms with van der Waals surface area (Å²) in [5, 5.41) is 14.2. The molecule has 2 N–H and O–H groups in total. The van der Waals surface area contributed by atoms with Crippen LogP contribution >= 0.6 is 11.6 Å². The molecule has 7 heteroatoms. The van der Waals surface area contributed by atoms with Crippen LogP contribution in [0.5, 0.6) is 6.01 Å². The summed E-state index contributed by atoms with van der Waals surface area (Å²) in [6.45, 7) is 6.94. The van der Waals surface area contributed by atoms with E-state index in [0.717, 1.165) is 0 Å². The molecule has 0 aromatic carbocycles. The van der Waals surface area contributed by atoms with Gasteiger partial charge in [0.1, 0.15) is 5.02 Å². The number of rotatable bonds is 6.